The molecule has 1 N–H and O–H groups in total. The van der Waals surface area contributed by atoms with E-state index in [1.807, 2.05) is 25.2 Å². The molecule has 2 nitrogen and oxygen atoms in total. The lowest BCUT2D eigenvalue weighted by atomic mass is 9.94. The molecular weight excluding hydrogens is 269 g/mol. The summed E-state index contributed by atoms with van der Waals surface area (Å²) in [6.07, 6.45) is 3.14. The van der Waals surface area contributed by atoms with Crippen molar-refractivity contribution in [1.82, 2.24) is 5.32 Å². The number of halogens is 2. The van der Waals surface area contributed by atoms with Crippen LogP contribution in [0.1, 0.15) is 18.4 Å². The molecule has 1 aromatic rings. The number of hydrogen-bond donors (Lipinski definition) is 1. The molecule has 100 valence electrons. The zero-order valence-electron chi connectivity index (χ0n) is 10.6. The smallest absolute Gasteiger partial charge is 0.0495 e. The molecule has 1 fully saturated rings. The first kappa shape index (κ1) is 14.1. The maximum atomic E-state index is 6.21. The van der Waals surface area contributed by atoms with Gasteiger partial charge in [-0.3, -0.25) is 0 Å². The molecule has 1 saturated heterocycles. The van der Waals surface area contributed by atoms with Crippen LogP contribution in [0.4, 0.5) is 0 Å². The molecular formula is C14H19Cl2NO. The Labute approximate surface area is 119 Å². The summed E-state index contributed by atoms with van der Waals surface area (Å²) in [5.74, 6) is 0.656. The Morgan fingerprint density at radius 3 is 2.67 bits per heavy atom. The van der Waals surface area contributed by atoms with Gasteiger partial charge >= 0.3 is 0 Å². The second kappa shape index (κ2) is 6.76. The molecule has 0 aromatic heterocycles. The molecule has 2 unspecified atom stereocenters. The third-order valence-electron chi connectivity index (χ3n) is 3.56. The van der Waals surface area contributed by atoms with Crippen LogP contribution in [0.15, 0.2) is 18.2 Å². The number of benzene rings is 1. The van der Waals surface area contributed by atoms with Crippen molar-refractivity contribution in [2.24, 2.45) is 5.92 Å². The van der Waals surface area contributed by atoms with Crippen molar-refractivity contribution in [3.05, 3.63) is 33.8 Å². The summed E-state index contributed by atoms with van der Waals surface area (Å²) < 4.78 is 5.42. The predicted octanol–water partition coefficient (Wildman–Crippen LogP) is 3.55. The van der Waals surface area contributed by atoms with Crippen molar-refractivity contribution in [3.63, 3.8) is 0 Å². The third-order valence-corrected chi connectivity index (χ3v) is 4.27. The molecule has 0 spiro atoms. The largest absolute Gasteiger partial charge is 0.381 e. The van der Waals surface area contributed by atoms with Gasteiger partial charge in [0.2, 0.25) is 0 Å². The SMILES string of the molecule is CNC(Cc1c(Cl)cccc1Cl)CC1CCOC1. The van der Waals surface area contributed by atoms with Gasteiger partial charge < -0.3 is 10.1 Å². The quantitative estimate of drug-likeness (QED) is 0.894. The number of nitrogens with one attached hydrogen (secondary N) is 1. The molecule has 0 radical (unpaired) electrons. The van der Waals surface area contributed by atoms with Crippen LogP contribution in [-0.2, 0) is 11.2 Å². The van der Waals surface area contributed by atoms with E-state index >= 15 is 0 Å². The van der Waals surface area contributed by atoms with Gasteiger partial charge in [0.25, 0.3) is 0 Å². The van der Waals surface area contributed by atoms with Crippen LogP contribution in [0.25, 0.3) is 0 Å². The van der Waals surface area contributed by atoms with Crippen LogP contribution in [0.5, 0.6) is 0 Å². The third kappa shape index (κ3) is 3.61. The van der Waals surface area contributed by atoms with E-state index in [9.17, 15) is 0 Å². The Morgan fingerprint density at radius 2 is 2.11 bits per heavy atom. The number of ether oxygens (including phenoxy) is 1. The highest BCUT2D eigenvalue weighted by molar-refractivity contribution is 6.35. The molecule has 4 heteroatoms. The first-order valence-electron chi connectivity index (χ1n) is 6.38. The molecule has 2 atom stereocenters. The first-order chi connectivity index (χ1) is 8.70. The first-order valence-corrected chi connectivity index (χ1v) is 7.14. The second-order valence-corrected chi connectivity index (χ2v) is 5.67. The van der Waals surface area contributed by atoms with Crippen LogP contribution in [0.2, 0.25) is 10.0 Å². The van der Waals surface area contributed by atoms with E-state index in [1.54, 1.807) is 0 Å². The molecule has 18 heavy (non-hydrogen) atoms. The van der Waals surface area contributed by atoms with Gasteiger partial charge in [-0.05, 0) is 49.9 Å². The standard InChI is InChI=1S/C14H19Cl2NO/c1-17-11(7-10-5-6-18-9-10)8-12-13(15)3-2-4-14(12)16/h2-4,10-11,17H,5-9H2,1H3. The van der Waals surface area contributed by atoms with Gasteiger partial charge in [-0.25, -0.2) is 0 Å². The summed E-state index contributed by atoms with van der Waals surface area (Å²) in [5, 5.41) is 4.87. The molecule has 1 heterocycles. The average molecular weight is 288 g/mol. The predicted molar refractivity (Wildman–Crippen MR) is 76.6 cm³/mol. The van der Waals surface area contributed by atoms with Gasteiger partial charge in [-0.1, -0.05) is 29.3 Å². The minimum absolute atomic E-state index is 0.397. The summed E-state index contributed by atoms with van der Waals surface area (Å²) in [6.45, 7) is 1.78. The van der Waals surface area contributed by atoms with E-state index in [0.29, 0.717) is 12.0 Å². The molecule has 1 aliphatic heterocycles. The number of rotatable bonds is 5. The lowest BCUT2D eigenvalue weighted by Crippen LogP contribution is -2.30. The fourth-order valence-corrected chi connectivity index (χ4v) is 3.00. The van der Waals surface area contributed by atoms with Gasteiger partial charge in [0.1, 0.15) is 0 Å². The van der Waals surface area contributed by atoms with Gasteiger partial charge in [0, 0.05) is 29.3 Å². The van der Waals surface area contributed by atoms with E-state index in [4.69, 9.17) is 27.9 Å². The molecule has 0 aliphatic carbocycles. The molecule has 0 amide bonds. The van der Waals surface area contributed by atoms with Crippen molar-refractivity contribution < 1.29 is 4.74 Å². The Morgan fingerprint density at radius 1 is 1.39 bits per heavy atom. The van der Waals surface area contributed by atoms with Gasteiger partial charge in [0.15, 0.2) is 0 Å². The highest BCUT2D eigenvalue weighted by Crippen LogP contribution is 2.27. The van der Waals surface area contributed by atoms with Gasteiger partial charge in [0.05, 0.1) is 0 Å². The fraction of sp³-hybridized carbons (Fsp3) is 0.571. The van der Waals surface area contributed by atoms with Crippen molar-refractivity contribution in [1.29, 1.82) is 0 Å². The summed E-state index contributed by atoms with van der Waals surface area (Å²) in [6, 6.07) is 6.07. The van der Waals surface area contributed by atoms with E-state index in [1.165, 1.54) is 0 Å². The fourth-order valence-electron chi connectivity index (χ4n) is 2.45. The average Bonchev–Trinajstić information content (AvgIpc) is 2.85. The molecule has 0 saturated carbocycles. The summed E-state index contributed by atoms with van der Waals surface area (Å²) in [5.41, 5.74) is 1.04. The maximum absolute atomic E-state index is 6.21. The van der Waals surface area contributed by atoms with Crippen molar-refractivity contribution in [2.75, 3.05) is 20.3 Å². The highest BCUT2D eigenvalue weighted by Gasteiger charge is 2.21. The number of hydrogen-bond acceptors (Lipinski definition) is 2. The van der Waals surface area contributed by atoms with E-state index < -0.39 is 0 Å². The minimum atomic E-state index is 0.397. The maximum Gasteiger partial charge on any atom is 0.0495 e. The molecule has 0 bridgehead atoms. The second-order valence-electron chi connectivity index (χ2n) is 4.86. The Balaban J connectivity index is 2.00. The number of likely N-dealkylation sites (N-methyl/N-ethyl adjacent to an activating group) is 1. The molecule has 1 aliphatic rings. The zero-order chi connectivity index (χ0) is 13.0. The van der Waals surface area contributed by atoms with Crippen molar-refractivity contribution >= 4 is 23.2 Å². The lowest BCUT2D eigenvalue weighted by Gasteiger charge is -2.20. The van der Waals surface area contributed by atoms with Crippen molar-refractivity contribution in [2.45, 2.75) is 25.3 Å². The molecule has 1 aromatic carbocycles. The van der Waals surface area contributed by atoms with Gasteiger partial charge in [-0.2, -0.15) is 0 Å². The summed E-state index contributed by atoms with van der Waals surface area (Å²) in [4.78, 5) is 0. The Hall–Kier alpha value is -0.280. The van der Waals surface area contributed by atoms with Crippen LogP contribution >= 0.6 is 23.2 Å². The normalized spacial score (nSPS) is 21.2. The zero-order valence-corrected chi connectivity index (χ0v) is 12.1. The van der Waals surface area contributed by atoms with Gasteiger partial charge in [-0.15, -0.1) is 0 Å². The topological polar surface area (TPSA) is 21.3 Å². The lowest BCUT2D eigenvalue weighted by molar-refractivity contribution is 0.181. The Bertz CT molecular complexity index is 371. The van der Waals surface area contributed by atoms with Crippen LogP contribution < -0.4 is 5.32 Å². The highest BCUT2D eigenvalue weighted by atomic mass is 35.5. The monoisotopic (exact) mass is 287 g/mol. The summed E-state index contributed by atoms with van der Waals surface area (Å²) >= 11 is 12.4. The summed E-state index contributed by atoms with van der Waals surface area (Å²) in [7, 11) is 1.99. The van der Waals surface area contributed by atoms with E-state index in [0.717, 1.165) is 48.1 Å². The van der Waals surface area contributed by atoms with E-state index in [-0.39, 0.29) is 0 Å². The van der Waals surface area contributed by atoms with E-state index in [2.05, 4.69) is 5.32 Å². The Kier molecular flexibility index (Phi) is 5.31. The van der Waals surface area contributed by atoms with Crippen molar-refractivity contribution in [3.8, 4) is 0 Å². The van der Waals surface area contributed by atoms with Crippen LogP contribution in [-0.4, -0.2) is 26.3 Å². The van der Waals surface area contributed by atoms with Crippen LogP contribution in [0.3, 0.4) is 0 Å². The minimum Gasteiger partial charge on any atom is -0.381 e. The molecule has 2 rings (SSSR count). The van der Waals surface area contributed by atoms with Crippen LogP contribution in [0, 0.1) is 5.92 Å².